The van der Waals surface area contributed by atoms with Crippen molar-refractivity contribution in [3.05, 3.63) is 18.0 Å². The molecule has 0 amide bonds. The molecule has 6 nitrogen and oxygen atoms in total. The third-order valence-corrected chi connectivity index (χ3v) is 3.63. The molecule has 0 spiro atoms. The predicted molar refractivity (Wildman–Crippen MR) is 103 cm³/mol. The van der Waals surface area contributed by atoms with Gasteiger partial charge in [-0.3, -0.25) is 9.67 Å². The molecule has 8 heteroatoms. The minimum Gasteiger partial charge on any atom is -0.356 e. The van der Waals surface area contributed by atoms with E-state index in [1.807, 2.05) is 29.7 Å². The molecule has 0 aliphatic heterocycles. The first-order valence-corrected chi connectivity index (χ1v) is 8.06. The summed E-state index contributed by atoms with van der Waals surface area (Å²) in [7, 11) is 7.88. The van der Waals surface area contributed by atoms with Gasteiger partial charge in [0.25, 0.3) is 0 Å². The number of nitrogens with zero attached hydrogens (tertiary/aromatic N) is 4. The second-order valence-corrected chi connectivity index (χ2v) is 5.79. The van der Waals surface area contributed by atoms with E-state index in [4.69, 9.17) is 0 Å². The fourth-order valence-electron chi connectivity index (χ4n) is 1.90. The molecule has 0 aliphatic rings. The van der Waals surface area contributed by atoms with Crippen molar-refractivity contribution in [2.24, 2.45) is 12.0 Å². The van der Waals surface area contributed by atoms with E-state index < -0.39 is 0 Å². The van der Waals surface area contributed by atoms with Gasteiger partial charge in [0.05, 0.1) is 12.2 Å². The van der Waals surface area contributed by atoms with Gasteiger partial charge in [-0.1, -0.05) is 0 Å². The third kappa shape index (κ3) is 7.37. The van der Waals surface area contributed by atoms with Crippen LogP contribution in [0.1, 0.15) is 11.6 Å². The molecule has 0 fully saturated rings. The molecular weight excluding hydrogens is 399 g/mol. The highest BCUT2D eigenvalue weighted by Gasteiger charge is 2.16. The Hall–Kier alpha value is -0.480. The van der Waals surface area contributed by atoms with E-state index in [-0.39, 0.29) is 30.0 Å². The lowest BCUT2D eigenvalue weighted by molar-refractivity contribution is 0.298. The Morgan fingerprint density at radius 2 is 2.19 bits per heavy atom. The van der Waals surface area contributed by atoms with Crippen molar-refractivity contribution in [2.75, 3.05) is 46.2 Å². The molecule has 1 aromatic rings. The van der Waals surface area contributed by atoms with E-state index in [9.17, 15) is 0 Å². The molecular formula is C13H27IN6S. The standard InChI is InChI=1S/C13H26N6S.HI/c1-14-13(15-6-7-20-5)16-9-12(18(2)3)11-8-17-19(4)10-11;/h8,10,12H,6-7,9H2,1-5H3,(H2,14,15,16);1H. The highest BCUT2D eigenvalue weighted by molar-refractivity contribution is 14.0. The van der Waals surface area contributed by atoms with Gasteiger partial charge in [0.15, 0.2) is 5.96 Å². The van der Waals surface area contributed by atoms with E-state index in [0.717, 1.165) is 24.8 Å². The van der Waals surface area contributed by atoms with Crippen LogP contribution in [0.3, 0.4) is 0 Å². The fraction of sp³-hybridized carbons (Fsp3) is 0.692. The Morgan fingerprint density at radius 1 is 1.48 bits per heavy atom. The van der Waals surface area contributed by atoms with Crippen molar-refractivity contribution in [3.8, 4) is 0 Å². The molecule has 1 unspecified atom stereocenters. The van der Waals surface area contributed by atoms with Crippen LogP contribution in [0.15, 0.2) is 17.4 Å². The Labute approximate surface area is 149 Å². The van der Waals surface area contributed by atoms with Crippen LogP contribution >= 0.6 is 35.7 Å². The topological polar surface area (TPSA) is 57.5 Å². The monoisotopic (exact) mass is 426 g/mol. The Kier molecular flexibility index (Phi) is 10.9. The normalized spacial score (nSPS) is 13.0. The number of hydrogen-bond donors (Lipinski definition) is 2. The zero-order valence-electron chi connectivity index (χ0n) is 13.5. The summed E-state index contributed by atoms with van der Waals surface area (Å²) in [5.74, 6) is 1.91. The number of aryl methyl sites for hydroxylation is 1. The molecule has 0 aromatic carbocycles. The summed E-state index contributed by atoms with van der Waals surface area (Å²) in [6, 6.07) is 0.266. The van der Waals surface area contributed by atoms with E-state index >= 15 is 0 Å². The number of nitrogens with one attached hydrogen (secondary N) is 2. The van der Waals surface area contributed by atoms with Crippen molar-refractivity contribution in [1.82, 2.24) is 25.3 Å². The van der Waals surface area contributed by atoms with Crippen LogP contribution in [0.25, 0.3) is 0 Å². The average molecular weight is 426 g/mol. The molecule has 1 atom stereocenters. The summed E-state index contributed by atoms with van der Waals surface area (Å²) in [6.45, 7) is 1.71. The summed E-state index contributed by atoms with van der Waals surface area (Å²) < 4.78 is 1.83. The maximum Gasteiger partial charge on any atom is 0.191 e. The van der Waals surface area contributed by atoms with Crippen LogP contribution in [0.2, 0.25) is 0 Å². The summed E-state index contributed by atoms with van der Waals surface area (Å²) in [6.07, 6.45) is 6.06. The molecule has 1 heterocycles. The van der Waals surface area contributed by atoms with Gasteiger partial charge in [-0.25, -0.2) is 0 Å². The van der Waals surface area contributed by atoms with Crippen molar-refractivity contribution in [3.63, 3.8) is 0 Å². The van der Waals surface area contributed by atoms with E-state index in [1.165, 1.54) is 5.56 Å². The van der Waals surface area contributed by atoms with Crippen LogP contribution in [-0.4, -0.2) is 66.9 Å². The molecule has 1 rings (SSSR count). The molecule has 0 radical (unpaired) electrons. The molecule has 21 heavy (non-hydrogen) atoms. The van der Waals surface area contributed by atoms with Gasteiger partial charge in [0.1, 0.15) is 0 Å². The largest absolute Gasteiger partial charge is 0.356 e. The van der Waals surface area contributed by atoms with Gasteiger partial charge in [0.2, 0.25) is 0 Å². The van der Waals surface area contributed by atoms with Crippen LogP contribution < -0.4 is 10.6 Å². The first kappa shape index (κ1) is 20.5. The summed E-state index contributed by atoms with van der Waals surface area (Å²) >= 11 is 1.82. The van der Waals surface area contributed by atoms with Crippen LogP contribution in [0, 0.1) is 0 Å². The number of guanidine groups is 1. The lowest BCUT2D eigenvalue weighted by Gasteiger charge is -2.24. The van der Waals surface area contributed by atoms with Crippen molar-refractivity contribution < 1.29 is 0 Å². The van der Waals surface area contributed by atoms with Gasteiger partial charge >= 0.3 is 0 Å². The lowest BCUT2D eigenvalue weighted by Crippen LogP contribution is -2.42. The van der Waals surface area contributed by atoms with Crippen molar-refractivity contribution in [2.45, 2.75) is 6.04 Å². The molecule has 0 saturated carbocycles. The van der Waals surface area contributed by atoms with E-state index in [0.29, 0.717) is 0 Å². The van der Waals surface area contributed by atoms with E-state index in [1.54, 1.807) is 7.05 Å². The van der Waals surface area contributed by atoms with E-state index in [2.05, 4.69) is 52.2 Å². The second-order valence-electron chi connectivity index (χ2n) is 4.80. The van der Waals surface area contributed by atoms with Crippen molar-refractivity contribution >= 4 is 41.7 Å². The highest BCUT2D eigenvalue weighted by atomic mass is 127. The Bertz CT molecular complexity index is 421. The molecule has 122 valence electrons. The quantitative estimate of drug-likeness (QED) is 0.297. The zero-order chi connectivity index (χ0) is 15.0. The molecule has 1 aromatic heterocycles. The van der Waals surface area contributed by atoms with Crippen LogP contribution in [0.4, 0.5) is 0 Å². The van der Waals surface area contributed by atoms with Gasteiger partial charge in [-0.2, -0.15) is 16.9 Å². The summed E-state index contributed by atoms with van der Waals surface area (Å²) in [5.41, 5.74) is 1.20. The lowest BCUT2D eigenvalue weighted by atomic mass is 10.1. The van der Waals surface area contributed by atoms with Gasteiger partial charge in [0, 0.05) is 44.7 Å². The van der Waals surface area contributed by atoms with Gasteiger partial charge < -0.3 is 15.5 Å². The number of hydrogen-bond acceptors (Lipinski definition) is 4. The first-order valence-electron chi connectivity index (χ1n) is 6.67. The summed E-state index contributed by atoms with van der Waals surface area (Å²) in [5, 5.41) is 10.9. The number of likely N-dealkylation sites (N-methyl/N-ethyl adjacent to an activating group) is 1. The van der Waals surface area contributed by atoms with Crippen LogP contribution in [0.5, 0.6) is 0 Å². The third-order valence-electron chi connectivity index (χ3n) is 3.02. The molecule has 0 aliphatic carbocycles. The van der Waals surface area contributed by atoms with Crippen molar-refractivity contribution in [1.29, 1.82) is 0 Å². The van der Waals surface area contributed by atoms with Gasteiger partial charge in [-0.05, 0) is 20.4 Å². The summed E-state index contributed by atoms with van der Waals surface area (Å²) in [4.78, 5) is 6.42. The number of aromatic nitrogens is 2. The predicted octanol–water partition coefficient (Wildman–Crippen LogP) is 1.17. The SMILES string of the molecule is CN=C(NCCSC)NCC(c1cnn(C)c1)N(C)C.I. The average Bonchev–Trinajstić information content (AvgIpc) is 2.83. The number of rotatable bonds is 7. The minimum absolute atomic E-state index is 0. The smallest absolute Gasteiger partial charge is 0.191 e. The maximum atomic E-state index is 4.24. The molecule has 2 N–H and O–H groups in total. The second kappa shape index (κ2) is 11.1. The maximum absolute atomic E-state index is 4.24. The molecule has 0 saturated heterocycles. The number of thioether (sulfide) groups is 1. The number of aliphatic imine (C=N–C) groups is 1. The zero-order valence-corrected chi connectivity index (χ0v) is 16.6. The minimum atomic E-state index is 0. The van der Waals surface area contributed by atoms with Crippen LogP contribution in [-0.2, 0) is 7.05 Å². The number of halogens is 1. The Morgan fingerprint density at radius 3 is 2.67 bits per heavy atom. The highest BCUT2D eigenvalue weighted by Crippen LogP contribution is 2.15. The molecule has 0 bridgehead atoms. The first-order chi connectivity index (χ1) is 9.58. The van der Waals surface area contributed by atoms with Gasteiger partial charge in [-0.15, -0.1) is 24.0 Å². The Balaban J connectivity index is 0.00000400. The fourth-order valence-corrected chi connectivity index (χ4v) is 2.20.